The summed E-state index contributed by atoms with van der Waals surface area (Å²) in [5.41, 5.74) is 6.02. The third kappa shape index (κ3) is 8.88. The van der Waals surface area contributed by atoms with E-state index in [0.29, 0.717) is 13.0 Å². The first-order valence-corrected chi connectivity index (χ1v) is 16.0. The van der Waals surface area contributed by atoms with E-state index in [2.05, 4.69) is 100 Å². The Balaban J connectivity index is 0.000000582. The molecule has 3 aromatic carbocycles. The summed E-state index contributed by atoms with van der Waals surface area (Å²) in [7, 11) is 0. The lowest BCUT2D eigenvalue weighted by Gasteiger charge is -2.22. The molecule has 0 saturated carbocycles. The van der Waals surface area contributed by atoms with Crippen LogP contribution in [0.15, 0.2) is 85.1 Å². The van der Waals surface area contributed by atoms with Gasteiger partial charge in [0, 0.05) is 29.9 Å². The van der Waals surface area contributed by atoms with Gasteiger partial charge in [0.05, 0.1) is 18.6 Å². The lowest BCUT2D eigenvalue weighted by Crippen LogP contribution is -2.43. The lowest BCUT2D eigenvalue weighted by atomic mass is 10.0. The number of nitrogens with zero attached hydrogens (tertiary/aromatic N) is 3. The molecule has 3 heterocycles. The van der Waals surface area contributed by atoms with Crippen molar-refractivity contribution in [3.63, 3.8) is 0 Å². The van der Waals surface area contributed by atoms with E-state index in [1.807, 2.05) is 12.1 Å². The topological polar surface area (TPSA) is 125 Å². The number of H-pyrrole nitrogens is 1. The van der Waals surface area contributed by atoms with Crippen molar-refractivity contribution in [3.8, 4) is 0 Å². The zero-order valence-corrected chi connectivity index (χ0v) is 26.6. The smallest absolute Gasteiger partial charge is 0.475 e. The number of carbonyl (C=O) groups excluding carboxylic acids is 1. The van der Waals surface area contributed by atoms with E-state index in [-0.39, 0.29) is 18.0 Å². The highest BCUT2D eigenvalue weighted by Gasteiger charge is 2.38. The van der Waals surface area contributed by atoms with Gasteiger partial charge in [-0.2, -0.15) is 13.2 Å². The first kappa shape index (κ1) is 34.4. The van der Waals surface area contributed by atoms with Crippen LogP contribution in [-0.2, 0) is 41.8 Å². The second-order valence-corrected chi connectivity index (χ2v) is 11.8. The van der Waals surface area contributed by atoms with E-state index in [0.717, 1.165) is 66.8 Å². The van der Waals surface area contributed by atoms with Crippen molar-refractivity contribution in [2.75, 3.05) is 6.54 Å². The standard InChI is InChI=1S/C34H38N6O.C2HF3O2/c1-2-24-14-16-26(17-15-24)23-40-32(19-18-25-9-4-3-5-10-25)38-39-33(40)31(37-34(41)30-13-8-20-35-30)21-27-22-36-29-12-7-6-11-28(27)29;3-2(4,5)1(6)7/h3-7,9-12,14-17,22,30-31,35-36H,2,8,13,18-21,23H2,1H3,(H,37,41);(H,6,7)/t30-,31+;/m0./s1. The van der Waals surface area contributed by atoms with E-state index < -0.39 is 12.1 Å². The summed E-state index contributed by atoms with van der Waals surface area (Å²) in [5.74, 6) is -1.00. The molecule has 2 atom stereocenters. The molecule has 2 aromatic heterocycles. The number of hydrogen-bond donors (Lipinski definition) is 4. The number of fused-ring (bicyclic) bond motifs is 1. The Morgan fingerprint density at radius 3 is 2.31 bits per heavy atom. The molecule has 48 heavy (non-hydrogen) atoms. The molecule has 1 aliphatic rings. The van der Waals surface area contributed by atoms with Crippen molar-refractivity contribution in [3.05, 3.63) is 119 Å². The molecule has 1 fully saturated rings. The number of benzene rings is 3. The van der Waals surface area contributed by atoms with Crippen LogP contribution in [0.4, 0.5) is 13.2 Å². The van der Waals surface area contributed by atoms with Gasteiger partial charge in [-0.1, -0.05) is 79.7 Å². The van der Waals surface area contributed by atoms with Crippen molar-refractivity contribution in [2.45, 2.75) is 70.3 Å². The lowest BCUT2D eigenvalue weighted by molar-refractivity contribution is -0.192. The minimum Gasteiger partial charge on any atom is -0.475 e. The number of aromatic amines is 1. The number of carbonyl (C=O) groups is 2. The van der Waals surface area contributed by atoms with Gasteiger partial charge >= 0.3 is 12.1 Å². The molecule has 0 bridgehead atoms. The number of rotatable bonds is 11. The molecule has 4 N–H and O–H groups in total. The number of aryl methyl sites for hydroxylation is 3. The fourth-order valence-corrected chi connectivity index (χ4v) is 5.84. The third-order valence-electron chi connectivity index (χ3n) is 8.45. The first-order chi connectivity index (χ1) is 23.1. The highest BCUT2D eigenvalue weighted by molar-refractivity contribution is 5.84. The Hall–Kier alpha value is -4.97. The number of aromatic nitrogens is 4. The number of aliphatic carboxylic acids is 1. The highest BCUT2D eigenvalue weighted by atomic mass is 19.4. The maximum atomic E-state index is 13.4. The summed E-state index contributed by atoms with van der Waals surface area (Å²) in [6.45, 7) is 3.70. The van der Waals surface area contributed by atoms with Crippen molar-refractivity contribution in [1.29, 1.82) is 0 Å². The van der Waals surface area contributed by atoms with Crippen LogP contribution in [0.1, 0.15) is 59.7 Å². The Labute approximate surface area is 276 Å². The average molecular weight is 661 g/mol. The van der Waals surface area contributed by atoms with E-state index in [1.165, 1.54) is 16.7 Å². The number of carboxylic acids is 1. The van der Waals surface area contributed by atoms with Crippen LogP contribution in [0.2, 0.25) is 0 Å². The van der Waals surface area contributed by atoms with Crippen molar-refractivity contribution in [1.82, 2.24) is 30.4 Å². The van der Waals surface area contributed by atoms with Crippen LogP contribution < -0.4 is 10.6 Å². The van der Waals surface area contributed by atoms with Crippen LogP contribution in [0, 0.1) is 0 Å². The van der Waals surface area contributed by atoms with Gasteiger partial charge < -0.3 is 25.3 Å². The fourth-order valence-electron chi connectivity index (χ4n) is 5.84. The summed E-state index contributed by atoms with van der Waals surface area (Å²) in [6.07, 6.45) is 2.10. The van der Waals surface area contributed by atoms with Gasteiger partial charge in [0.25, 0.3) is 0 Å². The quantitative estimate of drug-likeness (QED) is 0.139. The van der Waals surface area contributed by atoms with Gasteiger partial charge in [-0.05, 0) is 60.5 Å². The number of carboxylic acid groups (broad SMARTS) is 1. The summed E-state index contributed by atoms with van der Waals surface area (Å²) in [6, 6.07) is 27.1. The van der Waals surface area contributed by atoms with E-state index in [1.54, 1.807) is 0 Å². The van der Waals surface area contributed by atoms with Crippen molar-refractivity contribution < 1.29 is 27.9 Å². The van der Waals surface area contributed by atoms with E-state index in [4.69, 9.17) is 20.1 Å². The number of nitrogens with one attached hydrogen (secondary N) is 3. The summed E-state index contributed by atoms with van der Waals surface area (Å²) < 4.78 is 34.0. The number of para-hydroxylation sites is 1. The van der Waals surface area contributed by atoms with Gasteiger partial charge in [0.15, 0.2) is 5.82 Å². The van der Waals surface area contributed by atoms with Crippen LogP contribution in [0.25, 0.3) is 10.9 Å². The molecule has 1 saturated heterocycles. The van der Waals surface area contributed by atoms with Crippen LogP contribution >= 0.6 is 0 Å². The zero-order chi connectivity index (χ0) is 34.1. The van der Waals surface area contributed by atoms with Gasteiger partial charge in [-0.15, -0.1) is 10.2 Å². The van der Waals surface area contributed by atoms with Gasteiger partial charge in [-0.3, -0.25) is 4.79 Å². The monoisotopic (exact) mass is 660 g/mol. The number of halogens is 3. The van der Waals surface area contributed by atoms with Crippen LogP contribution in [-0.4, -0.2) is 55.5 Å². The largest absolute Gasteiger partial charge is 0.490 e. The van der Waals surface area contributed by atoms with E-state index in [9.17, 15) is 18.0 Å². The number of hydrogen-bond acceptors (Lipinski definition) is 5. The zero-order valence-electron chi connectivity index (χ0n) is 26.6. The molecule has 1 aliphatic heterocycles. The predicted molar refractivity (Wildman–Crippen MR) is 176 cm³/mol. The van der Waals surface area contributed by atoms with Crippen molar-refractivity contribution in [2.24, 2.45) is 0 Å². The Morgan fingerprint density at radius 2 is 1.65 bits per heavy atom. The van der Waals surface area contributed by atoms with Crippen LogP contribution in [0.5, 0.6) is 0 Å². The Kier molecular flexibility index (Phi) is 11.3. The minimum atomic E-state index is -5.08. The molecule has 0 spiro atoms. The molecule has 6 rings (SSSR count). The molecule has 0 radical (unpaired) electrons. The molecule has 5 aromatic rings. The molecular formula is C36H39F3N6O3. The Morgan fingerprint density at radius 1 is 0.958 bits per heavy atom. The predicted octanol–water partition coefficient (Wildman–Crippen LogP) is 5.94. The van der Waals surface area contributed by atoms with Gasteiger partial charge in [0.2, 0.25) is 5.91 Å². The van der Waals surface area contributed by atoms with Gasteiger partial charge in [0.1, 0.15) is 5.82 Å². The molecule has 0 aliphatic carbocycles. The molecule has 9 nitrogen and oxygen atoms in total. The average Bonchev–Trinajstić information content (AvgIpc) is 3.85. The molecule has 1 amide bonds. The highest BCUT2D eigenvalue weighted by Crippen LogP contribution is 2.26. The van der Waals surface area contributed by atoms with Crippen molar-refractivity contribution >= 4 is 22.8 Å². The fraction of sp³-hybridized carbons (Fsp3) is 0.333. The molecule has 12 heteroatoms. The SMILES string of the molecule is CCc1ccc(Cn2c(CCc3ccccc3)nnc2[C@@H](Cc2c[nH]c3ccccc23)NC(=O)[C@@H]2CCCN2)cc1.O=C(O)C(F)(F)F. The second-order valence-electron chi connectivity index (χ2n) is 11.8. The first-order valence-electron chi connectivity index (χ1n) is 16.0. The minimum absolute atomic E-state index is 0.0278. The summed E-state index contributed by atoms with van der Waals surface area (Å²) in [4.78, 5) is 25.7. The molecular weight excluding hydrogens is 621 g/mol. The van der Waals surface area contributed by atoms with E-state index >= 15 is 0 Å². The summed E-state index contributed by atoms with van der Waals surface area (Å²) in [5, 5.41) is 24.5. The third-order valence-corrected chi connectivity index (χ3v) is 8.45. The molecule has 0 unspecified atom stereocenters. The maximum absolute atomic E-state index is 13.4. The van der Waals surface area contributed by atoms with Crippen LogP contribution in [0.3, 0.4) is 0 Å². The maximum Gasteiger partial charge on any atom is 0.490 e. The normalized spacial score (nSPS) is 15.1. The molecule has 252 valence electrons. The van der Waals surface area contributed by atoms with Gasteiger partial charge in [-0.25, -0.2) is 4.79 Å². The Bertz CT molecular complexity index is 1800. The second kappa shape index (κ2) is 15.7. The number of amides is 1. The summed E-state index contributed by atoms with van der Waals surface area (Å²) >= 11 is 0. The number of alkyl halides is 3.